The predicted molar refractivity (Wildman–Crippen MR) is 91.6 cm³/mol. The number of carbonyl (C=O) groups excluding carboxylic acids is 2. The van der Waals surface area contributed by atoms with Crippen LogP contribution in [-0.2, 0) is 9.59 Å². The molecule has 2 rings (SSSR count). The molecule has 0 radical (unpaired) electrons. The van der Waals surface area contributed by atoms with Gasteiger partial charge in [0.25, 0.3) is 0 Å². The van der Waals surface area contributed by atoms with E-state index < -0.39 is 0 Å². The standard InChI is InChI=1S/C16H23N3O3.ClH/c1-11(17)10-15(21)19-8-6-12(7-9-19)16(22)18-13-2-4-14(20)5-3-13;/h2-5,11-12,20H,6-10,17H2,1H3,(H,18,22);1H. The number of rotatable bonds is 4. The molecule has 0 spiro atoms. The number of aromatic hydroxyl groups is 1. The summed E-state index contributed by atoms with van der Waals surface area (Å²) in [4.78, 5) is 25.9. The molecule has 1 unspecified atom stereocenters. The molecule has 0 bridgehead atoms. The molecule has 1 aliphatic heterocycles. The Labute approximate surface area is 142 Å². The van der Waals surface area contributed by atoms with Crippen molar-refractivity contribution in [1.82, 2.24) is 4.90 Å². The number of nitrogens with zero attached hydrogens (tertiary/aromatic N) is 1. The van der Waals surface area contributed by atoms with Crippen molar-refractivity contribution >= 4 is 29.9 Å². The third kappa shape index (κ3) is 5.73. The van der Waals surface area contributed by atoms with Gasteiger partial charge in [0.15, 0.2) is 0 Å². The highest BCUT2D eigenvalue weighted by Crippen LogP contribution is 2.21. The lowest BCUT2D eigenvalue weighted by atomic mass is 9.95. The zero-order chi connectivity index (χ0) is 16.1. The number of piperidine rings is 1. The fraction of sp³-hybridized carbons (Fsp3) is 0.500. The van der Waals surface area contributed by atoms with Gasteiger partial charge in [-0.05, 0) is 44.0 Å². The van der Waals surface area contributed by atoms with E-state index in [0.717, 1.165) is 0 Å². The highest BCUT2D eigenvalue weighted by molar-refractivity contribution is 5.92. The molecule has 6 nitrogen and oxygen atoms in total. The van der Waals surface area contributed by atoms with Gasteiger partial charge in [-0.25, -0.2) is 0 Å². The van der Waals surface area contributed by atoms with Crippen LogP contribution in [0, 0.1) is 5.92 Å². The summed E-state index contributed by atoms with van der Waals surface area (Å²) in [5.41, 5.74) is 6.31. The Balaban J connectivity index is 0.00000264. The largest absolute Gasteiger partial charge is 0.508 e. The molecule has 1 aromatic carbocycles. The van der Waals surface area contributed by atoms with E-state index >= 15 is 0 Å². The number of nitrogens with two attached hydrogens (primary N) is 1. The molecular weight excluding hydrogens is 318 g/mol. The molecule has 1 atom stereocenters. The van der Waals surface area contributed by atoms with Crippen LogP contribution in [0.1, 0.15) is 26.2 Å². The van der Waals surface area contributed by atoms with Gasteiger partial charge in [-0.3, -0.25) is 9.59 Å². The van der Waals surface area contributed by atoms with Crippen molar-refractivity contribution in [2.75, 3.05) is 18.4 Å². The smallest absolute Gasteiger partial charge is 0.227 e. The second-order valence-corrected chi connectivity index (χ2v) is 5.87. The maximum Gasteiger partial charge on any atom is 0.227 e. The summed E-state index contributed by atoms with van der Waals surface area (Å²) in [6.07, 6.45) is 1.67. The summed E-state index contributed by atoms with van der Waals surface area (Å²) < 4.78 is 0. The van der Waals surface area contributed by atoms with Crippen LogP contribution in [0.25, 0.3) is 0 Å². The summed E-state index contributed by atoms with van der Waals surface area (Å²) in [5, 5.41) is 12.1. The molecule has 1 aromatic rings. The first kappa shape index (κ1) is 19.3. The molecule has 7 heteroatoms. The number of amides is 2. The molecule has 1 heterocycles. The number of phenols is 1. The lowest BCUT2D eigenvalue weighted by Crippen LogP contribution is -2.42. The minimum Gasteiger partial charge on any atom is -0.508 e. The molecule has 1 aliphatic rings. The number of nitrogens with one attached hydrogen (secondary N) is 1. The SMILES string of the molecule is CC(N)CC(=O)N1CCC(C(=O)Nc2ccc(O)cc2)CC1.Cl. The van der Waals surface area contributed by atoms with Crippen LogP contribution in [0.5, 0.6) is 5.75 Å². The van der Waals surface area contributed by atoms with Gasteiger partial charge >= 0.3 is 0 Å². The van der Waals surface area contributed by atoms with E-state index in [1.165, 1.54) is 12.1 Å². The van der Waals surface area contributed by atoms with Crippen LogP contribution in [0.3, 0.4) is 0 Å². The van der Waals surface area contributed by atoms with Gasteiger partial charge in [0.1, 0.15) is 5.75 Å². The summed E-state index contributed by atoms with van der Waals surface area (Å²) in [5.74, 6) is 0.101. The van der Waals surface area contributed by atoms with Crippen LogP contribution in [-0.4, -0.2) is 41.0 Å². The second-order valence-electron chi connectivity index (χ2n) is 5.87. The predicted octanol–water partition coefficient (Wildman–Crippen LogP) is 1.73. The number of benzene rings is 1. The Morgan fingerprint density at radius 3 is 2.39 bits per heavy atom. The maximum absolute atomic E-state index is 12.2. The van der Waals surface area contributed by atoms with Crippen molar-refractivity contribution in [3.05, 3.63) is 24.3 Å². The van der Waals surface area contributed by atoms with Crippen LogP contribution in [0.2, 0.25) is 0 Å². The molecule has 0 aromatic heterocycles. The van der Waals surface area contributed by atoms with Crippen molar-refractivity contribution in [3.63, 3.8) is 0 Å². The van der Waals surface area contributed by atoms with Crippen molar-refractivity contribution < 1.29 is 14.7 Å². The Morgan fingerprint density at radius 1 is 1.30 bits per heavy atom. The Morgan fingerprint density at radius 2 is 1.87 bits per heavy atom. The lowest BCUT2D eigenvalue weighted by molar-refractivity contribution is -0.134. The molecule has 1 fully saturated rings. The number of hydrogen-bond donors (Lipinski definition) is 3. The highest BCUT2D eigenvalue weighted by Gasteiger charge is 2.27. The molecule has 4 N–H and O–H groups in total. The lowest BCUT2D eigenvalue weighted by Gasteiger charge is -2.31. The fourth-order valence-corrected chi connectivity index (χ4v) is 2.58. The van der Waals surface area contributed by atoms with Crippen LogP contribution < -0.4 is 11.1 Å². The van der Waals surface area contributed by atoms with Crippen molar-refractivity contribution in [2.45, 2.75) is 32.2 Å². The van der Waals surface area contributed by atoms with E-state index in [4.69, 9.17) is 5.73 Å². The highest BCUT2D eigenvalue weighted by atomic mass is 35.5. The number of hydrogen-bond acceptors (Lipinski definition) is 4. The van der Waals surface area contributed by atoms with Crippen LogP contribution in [0.15, 0.2) is 24.3 Å². The van der Waals surface area contributed by atoms with E-state index in [2.05, 4.69) is 5.32 Å². The third-order valence-corrected chi connectivity index (χ3v) is 3.85. The first-order chi connectivity index (χ1) is 10.5. The van der Waals surface area contributed by atoms with Gasteiger partial charge in [-0.2, -0.15) is 0 Å². The zero-order valence-corrected chi connectivity index (χ0v) is 14.0. The molecule has 0 aliphatic carbocycles. The van der Waals surface area contributed by atoms with E-state index in [1.807, 2.05) is 6.92 Å². The molecule has 23 heavy (non-hydrogen) atoms. The number of anilines is 1. The molecule has 2 amide bonds. The van der Waals surface area contributed by atoms with Gasteiger partial charge in [-0.15, -0.1) is 12.4 Å². The van der Waals surface area contributed by atoms with Gasteiger partial charge in [0.2, 0.25) is 11.8 Å². The normalized spacial score (nSPS) is 16.3. The number of likely N-dealkylation sites (tertiary alicyclic amines) is 1. The summed E-state index contributed by atoms with van der Waals surface area (Å²) in [6.45, 7) is 3.01. The van der Waals surface area contributed by atoms with Crippen LogP contribution in [0.4, 0.5) is 5.69 Å². The first-order valence-corrected chi connectivity index (χ1v) is 7.59. The minimum atomic E-state index is -0.136. The Hall–Kier alpha value is -1.79. The fourth-order valence-electron chi connectivity index (χ4n) is 2.58. The summed E-state index contributed by atoms with van der Waals surface area (Å²) >= 11 is 0. The number of halogens is 1. The van der Waals surface area contributed by atoms with E-state index in [-0.39, 0.29) is 41.9 Å². The van der Waals surface area contributed by atoms with Gasteiger partial charge in [0.05, 0.1) is 0 Å². The van der Waals surface area contributed by atoms with E-state index in [9.17, 15) is 14.7 Å². The topological polar surface area (TPSA) is 95.7 Å². The monoisotopic (exact) mass is 341 g/mol. The Kier molecular flexibility index (Phi) is 7.32. The Bertz CT molecular complexity index is 526. The number of phenolic OH excluding ortho intramolecular Hbond substituents is 1. The minimum absolute atomic E-state index is 0. The first-order valence-electron chi connectivity index (χ1n) is 7.59. The summed E-state index contributed by atoms with van der Waals surface area (Å²) in [7, 11) is 0. The van der Waals surface area contributed by atoms with Gasteiger partial charge in [-0.1, -0.05) is 0 Å². The third-order valence-electron chi connectivity index (χ3n) is 3.85. The summed E-state index contributed by atoms with van der Waals surface area (Å²) in [6, 6.07) is 6.25. The van der Waals surface area contributed by atoms with E-state index in [1.54, 1.807) is 17.0 Å². The average molecular weight is 342 g/mol. The van der Waals surface area contributed by atoms with Gasteiger partial charge in [0, 0.05) is 37.2 Å². The molecular formula is C16H24ClN3O3. The van der Waals surface area contributed by atoms with Crippen molar-refractivity contribution in [1.29, 1.82) is 0 Å². The maximum atomic E-state index is 12.2. The average Bonchev–Trinajstić information content (AvgIpc) is 2.49. The molecule has 128 valence electrons. The number of carbonyl (C=O) groups is 2. The van der Waals surface area contributed by atoms with Crippen LogP contribution >= 0.6 is 12.4 Å². The second kappa shape index (κ2) is 8.74. The molecule has 0 saturated carbocycles. The van der Waals surface area contributed by atoms with E-state index in [0.29, 0.717) is 38.0 Å². The van der Waals surface area contributed by atoms with Crippen molar-refractivity contribution in [3.8, 4) is 5.75 Å². The van der Waals surface area contributed by atoms with Gasteiger partial charge < -0.3 is 21.1 Å². The van der Waals surface area contributed by atoms with Crippen molar-refractivity contribution in [2.24, 2.45) is 11.7 Å². The quantitative estimate of drug-likeness (QED) is 0.727. The zero-order valence-electron chi connectivity index (χ0n) is 13.2. The molecule has 1 saturated heterocycles.